The molecule has 2 aromatic rings. The van der Waals surface area contributed by atoms with E-state index in [0.29, 0.717) is 34.5 Å². The Morgan fingerprint density at radius 3 is 2.88 bits per heavy atom. The second kappa shape index (κ2) is 4.41. The van der Waals surface area contributed by atoms with Crippen LogP contribution in [0.2, 0.25) is 0 Å². The highest BCUT2D eigenvalue weighted by Gasteiger charge is 2.19. The van der Waals surface area contributed by atoms with E-state index in [9.17, 15) is 9.59 Å². The van der Waals surface area contributed by atoms with Crippen LogP contribution in [0.3, 0.4) is 0 Å². The summed E-state index contributed by atoms with van der Waals surface area (Å²) in [5, 5.41) is 0.616. The van der Waals surface area contributed by atoms with Crippen LogP contribution < -0.4 is 0 Å². The maximum atomic E-state index is 11.8. The van der Waals surface area contributed by atoms with E-state index in [2.05, 4.69) is 0 Å². The maximum Gasteiger partial charge on any atom is 0.342 e. The highest BCUT2D eigenvalue weighted by atomic mass is 16.5. The number of esters is 1. The van der Waals surface area contributed by atoms with E-state index in [4.69, 9.17) is 9.15 Å². The Bertz CT molecular complexity index is 580. The number of hydrogen-bond donors (Lipinski definition) is 0. The van der Waals surface area contributed by atoms with E-state index in [-0.39, 0.29) is 0 Å². The van der Waals surface area contributed by atoms with Crippen molar-refractivity contribution in [3.05, 3.63) is 35.1 Å². The summed E-state index contributed by atoms with van der Waals surface area (Å²) in [5.41, 5.74) is 1.48. The van der Waals surface area contributed by atoms with Crippen LogP contribution in [-0.4, -0.2) is 18.9 Å². The van der Waals surface area contributed by atoms with Gasteiger partial charge < -0.3 is 9.15 Å². The van der Waals surface area contributed by atoms with Crippen LogP contribution >= 0.6 is 0 Å². The number of furan rings is 1. The molecule has 0 saturated heterocycles. The van der Waals surface area contributed by atoms with Crippen molar-refractivity contribution in [2.45, 2.75) is 13.8 Å². The quantitative estimate of drug-likeness (QED) is 0.603. The third-order valence-corrected chi connectivity index (χ3v) is 2.50. The van der Waals surface area contributed by atoms with Gasteiger partial charge in [-0.15, -0.1) is 0 Å². The summed E-state index contributed by atoms with van der Waals surface area (Å²) >= 11 is 0. The topological polar surface area (TPSA) is 56.5 Å². The lowest BCUT2D eigenvalue weighted by atomic mass is 10.1. The Hall–Kier alpha value is -2.10. The molecule has 0 N–H and O–H groups in total. The molecular weight excluding hydrogens is 220 g/mol. The Morgan fingerprint density at radius 1 is 1.47 bits per heavy atom. The first-order valence-corrected chi connectivity index (χ1v) is 5.32. The Labute approximate surface area is 98.2 Å². The molecule has 0 amide bonds. The summed E-state index contributed by atoms with van der Waals surface area (Å²) in [6, 6.07) is 4.95. The third kappa shape index (κ3) is 1.93. The number of hydrogen-bond acceptors (Lipinski definition) is 4. The molecule has 0 aliphatic heterocycles. The second-order valence-corrected chi connectivity index (χ2v) is 3.63. The molecule has 0 aliphatic carbocycles. The van der Waals surface area contributed by atoms with Gasteiger partial charge in [0.15, 0.2) is 0 Å². The number of aryl methyl sites for hydroxylation is 1. The molecule has 17 heavy (non-hydrogen) atoms. The zero-order valence-corrected chi connectivity index (χ0v) is 9.65. The van der Waals surface area contributed by atoms with Gasteiger partial charge in [0.25, 0.3) is 0 Å². The zero-order chi connectivity index (χ0) is 12.4. The lowest BCUT2D eigenvalue weighted by Crippen LogP contribution is -2.05. The van der Waals surface area contributed by atoms with Crippen LogP contribution in [0.15, 0.2) is 22.6 Å². The SMILES string of the molecule is CCOC(=O)c1c(C)oc2ccc(C=O)cc12. The molecule has 1 aromatic carbocycles. The van der Waals surface area contributed by atoms with E-state index < -0.39 is 5.97 Å². The fraction of sp³-hybridized carbons (Fsp3) is 0.231. The highest BCUT2D eigenvalue weighted by Crippen LogP contribution is 2.26. The van der Waals surface area contributed by atoms with Gasteiger partial charge in [-0.1, -0.05) is 0 Å². The van der Waals surface area contributed by atoms with Crippen LogP contribution in [-0.2, 0) is 4.74 Å². The number of rotatable bonds is 3. The molecule has 0 radical (unpaired) electrons. The molecule has 0 aliphatic rings. The van der Waals surface area contributed by atoms with Gasteiger partial charge in [0.2, 0.25) is 0 Å². The molecule has 4 nitrogen and oxygen atoms in total. The van der Waals surface area contributed by atoms with Crippen molar-refractivity contribution < 1.29 is 18.7 Å². The monoisotopic (exact) mass is 232 g/mol. The first-order valence-electron chi connectivity index (χ1n) is 5.32. The lowest BCUT2D eigenvalue weighted by Gasteiger charge is -2.00. The van der Waals surface area contributed by atoms with Crippen LogP contribution in [0, 0.1) is 6.92 Å². The summed E-state index contributed by atoms with van der Waals surface area (Å²) in [5.74, 6) is 0.0771. The first-order chi connectivity index (χ1) is 8.17. The Balaban J connectivity index is 2.63. The number of benzene rings is 1. The molecule has 2 rings (SSSR count). The van der Waals surface area contributed by atoms with Gasteiger partial charge in [-0.05, 0) is 32.0 Å². The molecule has 88 valence electrons. The van der Waals surface area contributed by atoms with Crippen molar-refractivity contribution in [3.63, 3.8) is 0 Å². The summed E-state index contributed by atoms with van der Waals surface area (Å²) in [6.45, 7) is 3.75. The standard InChI is InChI=1S/C13H12O4/c1-3-16-13(15)12-8(2)17-11-5-4-9(7-14)6-10(11)12/h4-7H,3H2,1-2H3. The molecule has 0 spiro atoms. The van der Waals surface area contributed by atoms with E-state index in [1.165, 1.54) is 0 Å². The van der Waals surface area contributed by atoms with E-state index >= 15 is 0 Å². The van der Waals surface area contributed by atoms with Gasteiger partial charge in [-0.2, -0.15) is 0 Å². The van der Waals surface area contributed by atoms with Crippen molar-refractivity contribution in [2.24, 2.45) is 0 Å². The number of carbonyl (C=O) groups excluding carboxylic acids is 2. The van der Waals surface area contributed by atoms with Crippen LogP contribution in [0.1, 0.15) is 33.4 Å². The fourth-order valence-corrected chi connectivity index (χ4v) is 1.77. The molecule has 0 bridgehead atoms. The Morgan fingerprint density at radius 2 is 2.24 bits per heavy atom. The first kappa shape index (κ1) is 11.4. The summed E-state index contributed by atoms with van der Waals surface area (Å²) in [4.78, 5) is 22.5. The molecule has 1 aromatic heterocycles. The lowest BCUT2D eigenvalue weighted by molar-refractivity contribution is 0.0526. The molecule has 0 atom stereocenters. The molecule has 4 heteroatoms. The average Bonchev–Trinajstić information content (AvgIpc) is 2.64. The second-order valence-electron chi connectivity index (χ2n) is 3.63. The van der Waals surface area contributed by atoms with Crippen molar-refractivity contribution >= 4 is 23.2 Å². The minimum atomic E-state index is -0.424. The van der Waals surface area contributed by atoms with Crippen LogP contribution in [0.25, 0.3) is 11.0 Å². The van der Waals surface area contributed by atoms with E-state index in [0.717, 1.165) is 6.29 Å². The largest absolute Gasteiger partial charge is 0.462 e. The van der Waals surface area contributed by atoms with Gasteiger partial charge in [0.1, 0.15) is 23.2 Å². The molecule has 1 heterocycles. The normalized spacial score (nSPS) is 10.5. The third-order valence-electron chi connectivity index (χ3n) is 2.50. The molecule has 0 unspecified atom stereocenters. The minimum absolute atomic E-state index is 0.304. The maximum absolute atomic E-state index is 11.8. The van der Waals surface area contributed by atoms with Crippen molar-refractivity contribution in [3.8, 4) is 0 Å². The van der Waals surface area contributed by atoms with Crippen molar-refractivity contribution in [2.75, 3.05) is 6.61 Å². The van der Waals surface area contributed by atoms with E-state index in [1.807, 2.05) is 0 Å². The summed E-state index contributed by atoms with van der Waals surface area (Å²) in [6.07, 6.45) is 0.733. The van der Waals surface area contributed by atoms with Crippen molar-refractivity contribution in [1.29, 1.82) is 0 Å². The molecule has 0 saturated carbocycles. The number of aldehydes is 1. The number of ether oxygens (including phenoxy) is 1. The van der Waals surface area contributed by atoms with Crippen molar-refractivity contribution in [1.82, 2.24) is 0 Å². The van der Waals surface area contributed by atoms with Crippen LogP contribution in [0.4, 0.5) is 0 Å². The van der Waals surface area contributed by atoms with Crippen LogP contribution in [0.5, 0.6) is 0 Å². The van der Waals surface area contributed by atoms with Gasteiger partial charge in [-0.3, -0.25) is 4.79 Å². The summed E-state index contributed by atoms with van der Waals surface area (Å²) < 4.78 is 10.4. The smallest absolute Gasteiger partial charge is 0.342 e. The predicted molar refractivity (Wildman–Crippen MR) is 62.3 cm³/mol. The molecule has 0 fully saturated rings. The van der Waals surface area contributed by atoms with Gasteiger partial charge in [0, 0.05) is 10.9 Å². The summed E-state index contributed by atoms with van der Waals surface area (Å²) in [7, 11) is 0. The van der Waals surface area contributed by atoms with E-state index in [1.54, 1.807) is 32.0 Å². The predicted octanol–water partition coefficient (Wildman–Crippen LogP) is 2.73. The molecular formula is C13H12O4. The van der Waals surface area contributed by atoms with Gasteiger partial charge in [-0.25, -0.2) is 4.79 Å². The Kier molecular flexibility index (Phi) is 2.95. The fourth-order valence-electron chi connectivity index (χ4n) is 1.77. The minimum Gasteiger partial charge on any atom is -0.462 e. The van der Waals surface area contributed by atoms with Gasteiger partial charge >= 0.3 is 5.97 Å². The average molecular weight is 232 g/mol. The zero-order valence-electron chi connectivity index (χ0n) is 9.65. The highest BCUT2D eigenvalue weighted by molar-refractivity contribution is 6.05. The van der Waals surface area contributed by atoms with Gasteiger partial charge in [0.05, 0.1) is 6.61 Å². The number of fused-ring (bicyclic) bond motifs is 1. The number of carbonyl (C=O) groups is 2.